The molecule has 5 nitrogen and oxygen atoms in total. The van der Waals surface area contributed by atoms with Crippen molar-refractivity contribution in [1.29, 1.82) is 0 Å². The Hall–Kier alpha value is -4.25. The minimum atomic E-state index is -0.461. The molecule has 0 radical (unpaired) electrons. The van der Waals surface area contributed by atoms with Gasteiger partial charge < -0.3 is 13.9 Å². The van der Waals surface area contributed by atoms with Crippen LogP contribution in [-0.4, -0.2) is 11.7 Å². The average Bonchev–Trinajstić information content (AvgIpc) is 3.23. The molecule has 1 aromatic heterocycles. The van der Waals surface area contributed by atoms with Crippen LogP contribution in [0.3, 0.4) is 0 Å². The fourth-order valence-corrected chi connectivity index (χ4v) is 4.32. The van der Waals surface area contributed by atoms with Gasteiger partial charge in [0, 0.05) is 5.56 Å². The second kappa shape index (κ2) is 9.32. The van der Waals surface area contributed by atoms with E-state index in [1.165, 1.54) is 7.11 Å². The number of fused-ring (bicyclic) bond motifs is 1. The molecule has 1 unspecified atom stereocenters. The minimum Gasteiger partial charge on any atom is -0.489 e. The predicted octanol–water partition coefficient (Wildman–Crippen LogP) is 6.46. The molecule has 0 N–H and O–H groups in total. The molecule has 0 aliphatic rings. The van der Waals surface area contributed by atoms with Crippen molar-refractivity contribution in [3.05, 3.63) is 119 Å². The Morgan fingerprint density at radius 1 is 0.853 bits per heavy atom. The number of nitrogens with zero attached hydrogens (tertiary/aromatic N) is 1. The molecule has 0 saturated heterocycles. The van der Waals surface area contributed by atoms with Crippen LogP contribution in [0.1, 0.15) is 24.1 Å². The van der Waals surface area contributed by atoms with E-state index >= 15 is 0 Å². The molecule has 0 spiro atoms. The number of methoxy groups -OCH3 is 1. The van der Waals surface area contributed by atoms with E-state index in [-0.39, 0.29) is 12.0 Å². The van der Waals surface area contributed by atoms with Crippen LogP contribution in [0.4, 0.5) is 0 Å². The number of benzene rings is 4. The van der Waals surface area contributed by atoms with Gasteiger partial charge in [0.1, 0.15) is 18.1 Å². The van der Waals surface area contributed by atoms with E-state index in [1.54, 1.807) is 4.57 Å². The lowest BCUT2D eigenvalue weighted by Gasteiger charge is -2.18. The second-order valence-electron chi connectivity index (χ2n) is 8.12. The highest BCUT2D eigenvalue weighted by Crippen LogP contribution is 2.35. The third kappa shape index (κ3) is 4.08. The minimum absolute atomic E-state index is 0.190. The molecule has 0 amide bonds. The summed E-state index contributed by atoms with van der Waals surface area (Å²) in [4.78, 5) is 13.0. The molecule has 34 heavy (non-hydrogen) atoms. The molecule has 1 heterocycles. The quantitative estimate of drug-likeness (QED) is 0.285. The monoisotopic (exact) mass is 451 g/mol. The summed E-state index contributed by atoms with van der Waals surface area (Å²) in [6.07, 6.45) is 0. The van der Waals surface area contributed by atoms with Crippen molar-refractivity contribution in [2.24, 2.45) is 0 Å². The highest BCUT2D eigenvalue weighted by molar-refractivity contribution is 5.86. The average molecular weight is 452 g/mol. The molecule has 0 fully saturated rings. The van der Waals surface area contributed by atoms with E-state index in [1.807, 2.05) is 85.8 Å². The summed E-state index contributed by atoms with van der Waals surface area (Å²) in [5.41, 5.74) is 3.54. The van der Waals surface area contributed by atoms with E-state index in [0.717, 1.165) is 33.2 Å². The van der Waals surface area contributed by atoms with Crippen molar-refractivity contribution in [3.8, 4) is 23.0 Å². The van der Waals surface area contributed by atoms with Crippen molar-refractivity contribution in [1.82, 2.24) is 4.57 Å². The summed E-state index contributed by atoms with van der Waals surface area (Å²) in [7, 11) is 1.51. The number of ether oxygens (including phenoxy) is 2. The van der Waals surface area contributed by atoms with Crippen molar-refractivity contribution >= 4 is 10.8 Å². The summed E-state index contributed by atoms with van der Waals surface area (Å²) in [6, 6.07) is 31.6. The maximum Gasteiger partial charge on any atom is 0.423 e. The zero-order valence-corrected chi connectivity index (χ0v) is 19.1. The summed E-state index contributed by atoms with van der Waals surface area (Å²) in [6.45, 7) is 2.48. The van der Waals surface area contributed by atoms with Gasteiger partial charge in [0.15, 0.2) is 0 Å². The fraction of sp³-hybridized carbons (Fsp3) is 0.138. The lowest BCUT2D eigenvalue weighted by atomic mass is 9.99. The standard InChI is InChI=1S/C29H25NO4/c1-20(25-14-8-12-22-11-6-7-13-26(22)25)30-27(28(32-2)34-29(30)31)23-15-17-24(18-16-23)33-19-21-9-4-3-5-10-21/h3-18,20H,19H2,1-2H3. The zero-order valence-electron chi connectivity index (χ0n) is 19.1. The first-order chi connectivity index (χ1) is 16.7. The molecule has 0 aliphatic carbocycles. The van der Waals surface area contributed by atoms with E-state index in [4.69, 9.17) is 13.9 Å². The van der Waals surface area contributed by atoms with Crippen LogP contribution in [0, 0.1) is 0 Å². The van der Waals surface area contributed by atoms with Gasteiger partial charge in [0.25, 0.3) is 0 Å². The van der Waals surface area contributed by atoms with Gasteiger partial charge in [-0.25, -0.2) is 4.79 Å². The summed E-state index contributed by atoms with van der Waals surface area (Å²) in [5, 5.41) is 2.22. The zero-order chi connectivity index (χ0) is 23.5. The molecule has 5 heteroatoms. The van der Waals surface area contributed by atoms with Gasteiger partial charge in [0.05, 0.1) is 13.2 Å². The fourth-order valence-electron chi connectivity index (χ4n) is 4.32. The second-order valence-corrected chi connectivity index (χ2v) is 8.12. The number of hydrogen-bond donors (Lipinski definition) is 0. The number of aromatic nitrogens is 1. The van der Waals surface area contributed by atoms with Crippen LogP contribution in [0.25, 0.3) is 22.0 Å². The van der Waals surface area contributed by atoms with Crippen molar-refractivity contribution < 1.29 is 13.9 Å². The van der Waals surface area contributed by atoms with E-state index in [2.05, 4.69) is 18.2 Å². The van der Waals surface area contributed by atoms with Crippen LogP contribution in [0.15, 0.2) is 106 Å². The van der Waals surface area contributed by atoms with Crippen molar-refractivity contribution in [3.63, 3.8) is 0 Å². The molecular weight excluding hydrogens is 426 g/mol. The lowest BCUT2D eigenvalue weighted by Crippen LogP contribution is -2.20. The van der Waals surface area contributed by atoms with E-state index in [9.17, 15) is 4.79 Å². The van der Waals surface area contributed by atoms with Gasteiger partial charge in [-0.05, 0) is 53.1 Å². The maximum absolute atomic E-state index is 13.0. The normalized spacial score (nSPS) is 11.9. The van der Waals surface area contributed by atoms with Crippen LogP contribution in [0.2, 0.25) is 0 Å². The van der Waals surface area contributed by atoms with E-state index < -0.39 is 5.76 Å². The Kier molecular flexibility index (Phi) is 5.91. The van der Waals surface area contributed by atoms with Gasteiger partial charge in [-0.2, -0.15) is 0 Å². The molecular formula is C29H25NO4. The summed E-state index contributed by atoms with van der Waals surface area (Å²) < 4.78 is 18.5. The molecule has 170 valence electrons. The van der Waals surface area contributed by atoms with Crippen molar-refractivity contribution in [2.45, 2.75) is 19.6 Å². The molecule has 5 rings (SSSR count). The van der Waals surface area contributed by atoms with Crippen LogP contribution >= 0.6 is 0 Å². The largest absolute Gasteiger partial charge is 0.489 e. The molecule has 0 aliphatic heterocycles. The Balaban J connectivity index is 1.51. The molecule has 5 aromatic rings. The Bertz CT molecular complexity index is 1460. The topological polar surface area (TPSA) is 53.6 Å². The Morgan fingerprint density at radius 2 is 1.56 bits per heavy atom. The Morgan fingerprint density at radius 3 is 2.32 bits per heavy atom. The maximum atomic E-state index is 13.0. The predicted molar refractivity (Wildman–Crippen MR) is 133 cm³/mol. The van der Waals surface area contributed by atoms with Gasteiger partial charge >= 0.3 is 11.7 Å². The smallest absolute Gasteiger partial charge is 0.423 e. The highest BCUT2D eigenvalue weighted by atomic mass is 16.6. The van der Waals surface area contributed by atoms with Crippen LogP contribution < -0.4 is 15.2 Å². The van der Waals surface area contributed by atoms with E-state index in [0.29, 0.717) is 12.3 Å². The lowest BCUT2D eigenvalue weighted by molar-refractivity contribution is 0.293. The van der Waals surface area contributed by atoms with Crippen molar-refractivity contribution in [2.75, 3.05) is 7.11 Å². The highest BCUT2D eigenvalue weighted by Gasteiger charge is 2.25. The number of rotatable bonds is 7. The third-order valence-corrected chi connectivity index (χ3v) is 6.03. The first kappa shape index (κ1) is 21.6. The summed E-state index contributed by atoms with van der Waals surface area (Å²) >= 11 is 0. The Labute approximate surface area is 197 Å². The van der Waals surface area contributed by atoms with Crippen LogP contribution in [-0.2, 0) is 6.61 Å². The molecule has 1 atom stereocenters. The molecule has 0 bridgehead atoms. The molecule has 0 saturated carbocycles. The number of oxazole rings is 1. The third-order valence-electron chi connectivity index (χ3n) is 6.03. The van der Waals surface area contributed by atoms with Gasteiger partial charge in [-0.3, -0.25) is 4.57 Å². The summed E-state index contributed by atoms with van der Waals surface area (Å²) in [5.74, 6) is 0.470. The number of hydrogen-bond acceptors (Lipinski definition) is 4. The van der Waals surface area contributed by atoms with Crippen LogP contribution in [0.5, 0.6) is 11.7 Å². The van der Waals surface area contributed by atoms with Gasteiger partial charge in [0.2, 0.25) is 0 Å². The SMILES string of the molecule is COc1oc(=O)n(C(C)c2cccc3ccccc23)c1-c1ccc(OCc2ccccc2)cc1. The first-order valence-corrected chi connectivity index (χ1v) is 11.2. The van der Waals surface area contributed by atoms with Gasteiger partial charge in [-0.15, -0.1) is 0 Å². The first-order valence-electron chi connectivity index (χ1n) is 11.2. The van der Waals surface area contributed by atoms with Gasteiger partial charge in [-0.1, -0.05) is 72.8 Å². The molecule has 4 aromatic carbocycles.